The predicted molar refractivity (Wildman–Crippen MR) is 44.5 cm³/mol. The van der Waals surface area contributed by atoms with E-state index in [4.69, 9.17) is 0 Å². The zero-order chi connectivity index (χ0) is 10.9. The molecule has 4 nitrogen and oxygen atoms in total. The number of alkyl halides is 3. The van der Waals surface area contributed by atoms with Crippen molar-refractivity contribution in [2.75, 3.05) is 6.61 Å². The van der Waals surface area contributed by atoms with Crippen LogP contribution in [-0.4, -0.2) is 27.4 Å². The van der Waals surface area contributed by atoms with E-state index in [1.807, 2.05) is 0 Å². The van der Waals surface area contributed by atoms with Crippen molar-refractivity contribution in [1.82, 2.24) is 14.6 Å². The fraction of sp³-hybridized carbons (Fsp3) is 0.250. The van der Waals surface area contributed by atoms with Crippen LogP contribution in [0.3, 0.4) is 0 Å². The molecule has 0 spiro atoms. The Morgan fingerprint density at radius 1 is 1.33 bits per heavy atom. The van der Waals surface area contributed by atoms with Crippen LogP contribution in [0.5, 0.6) is 5.88 Å². The van der Waals surface area contributed by atoms with E-state index >= 15 is 0 Å². The lowest BCUT2D eigenvalue weighted by Gasteiger charge is -2.08. The van der Waals surface area contributed by atoms with Crippen molar-refractivity contribution in [3.63, 3.8) is 0 Å². The summed E-state index contributed by atoms with van der Waals surface area (Å²) in [5.41, 5.74) is 0.404. The van der Waals surface area contributed by atoms with E-state index in [0.29, 0.717) is 5.52 Å². The van der Waals surface area contributed by atoms with Crippen LogP contribution in [0.4, 0.5) is 13.2 Å². The van der Waals surface area contributed by atoms with Crippen molar-refractivity contribution in [2.24, 2.45) is 0 Å². The first kappa shape index (κ1) is 9.75. The summed E-state index contributed by atoms with van der Waals surface area (Å²) in [5, 5.41) is 3.84. The van der Waals surface area contributed by atoms with Gasteiger partial charge in [-0.2, -0.15) is 18.3 Å². The number of nitrogens with zero attached hydrogens (tertiary/aromatic N) is 3. The summed E-state index contributed by atoms with van der Waals surface area (Å²) in [6.45, 7) is -1.36. The second kappa shape index (κ2) is 3.41. The maximum atomic E-state index is 11.9. The summed E-state index contributed by atoms with van der Waals surface area (Å²) in [6, 6.07) is 1.53. The highest BCUT2D eigenvalue weighted by atomic mass is 19.4. The van der Waals surface area contributed by atoms with Crippen LogP contribution in [0.25, 0.3) is 5.52 Å². The Morgan fingerprint density at radius 2 is 2.13 bits per heavy atom. The molecule has 2 rings (SSSR count). The summed E-state index contributed by atoms with van der Waals surface area (Å²) < 4.78 is 41.6. The zero-order valence-corrected chi connectivity index (χ0v) is 7.40. The third kappa shape index (κ3) is 2.17. The summed E-state index contributed by atoms with van der Waals surface area (Å²) in [7, 11) is 0. The number of fused-ring (bicyclic) bond motifs is 1. The first-order chi connectivity index (χ1) is 7.06. The molecule has 7 heteroatoms. The van der Waals surface area contributed by atoms with Crippen LogP contribution in [0, 0.1) is 0 Å². The van der Waals surface area contributed by atoms with Gasteiger partial charge in [-0.25, -0.2) is 9.50 Å². The molecule has 0 fully saturated rings. The standard InChI is InChI=1S/C8H6F3N3O/c9-8(10,11)5-15-7-6-1-2-13-14(6)4-3-12-7/h1-4H,5H2. The molecule has 0 saturated carbocycles. The molecule has 0 radical (unpaired) electrons. The lowest BCUT2D eigenvalue weighted by atomic mass is 10.5. The largest absolute Gasteiger partial charge is 0.466 e. The first-order valence-corrected chi connectivity index (χ1v) is 4.04. The van der Waals surface area contributed by atoms with E-state index in [-0.39, 0.29) is 5.88 Å². The topological polar surface area (TPSA) is 39.4 Å². The van der Waals surface area contributed by atoms with Crippen LogP contribution in [0.15, 0.2) is 24.7 Å². The highest BCUT2D eigenvalue weighted by Crippen LogP contribution is 2.20. The average Bonchev–Trinajstić information content (AvgIpc) is 2.61. The number of ether oxygens (including phenoxy) is 1. The van der Waals surface area contributed by atoms with Crippen molar-refractivity contribution in [3.05, 3.63) is 24.7 Å². The molecule has 0 amide bonds. The second-order valence-electron chi connectivity index (χ2n) is 2.80. The summed E-state index contributed by atoms with van der Waals surface area (Å²) >= 11 is 0. The Labute approximate surface area is 82.3 Å². The van der Waals surface area contributed by atoms with Gasteiger partial charge in [0.1, 0.15) is 5.52 Å². The molecule has 2 aromatic rings. The third-order valence-electron chi connectivity index (χ3n) is 1.66. The minimum Gasteiger partial charge on any atom is -0.466 e. The van der Waals surface area contributed by atoms with Crippen molar-refractivity contribution in [3.8, 4) is 5.88 Å². The van der Waals surface area contributed by atoms with Gasteiger partial charge in [0.2, 0.25) is 5.88 Å². The lowest BCUT2D eigenvalue weighted by molar-refractivity contribution is -0.153. The van der Waals surface area contributed by atoms with Gasteiger partial charge in [0, 0.05) is 12.4 Å². The highest BCUT2D eigenvalue weighted by Gasteiger charge is 2.29. The minimum atomic E-state index is -4.37. The average molecular weight is 217 g/mol. The highest BCUT2D eigenvalue weighted by molar-refractivity contribution is 5.54. The number of hydrogen-bond acceptors (Lipinski definition) is 3. The molecule has 80 valence electrons. The summed E-state index contributed by atoms with van der Waals surface area (Å²) in [4.78, 5) is 3.70. The molecule has 15 heavy (non-hydrogen) atoms. The molecule has 0 bridgehead atoms. The van der Waals surface area contributed by atoms with E-state index in [0.717, 1.165) is 0 Å². The van der Waals surface area contributed by atoms with Gasteiger partial charge in [-0.1, -0.05) is 0 Å². The molecule has 0 aromatic carbocycles. The normalized spacial score (nSPS) is 11.9. The van der Waals surface area contributed by atoms with Gasteiger partial charge >= 0.3 is 6.18 Å². The van der Waals surface area contributed by atoms with Crippen LogP contribution < -0.4 is 4.74 Å². The van der Waals surface area contributed by atoms with Crippen molar-refractivity contribution >= 4 is 5.52 Å². The van der Waals surface area contributed by atoms with Gasteiger partial charge in [-0.05, 0) is 6.07 Å². The Morgan fingerprint density at radius 3 is 2.87 bits per heavy atom. The van der Waals surface area contributed by atoms with E-state index in [1.165, 1.54) is 29.2 Å². The monoisotopic (exact) mass is 217 g/mol. The van der Waals surface area contributed by atoms with Crippen molar-refractivity contribution in [1.29, 1.82) is 0 Å². The molecule has 0 unspecified atom stereocenters. The van der Waals surface area contributed by atoms with Gasteiger partial charge in [0.15, 0.2) is 6.61 Å². The van der Waals surface area contributed by atoms with E-state index < -0.39 is 12.8 Å². The van der Waals surface area contributed by atoms with Gasteiger partial charge in [0.05, 0.1) is 6.20 Å². The fourth-order valence-corrected chi connectivity index (χ4v) is 1.09. The van der Waals surface area contributed by atoms with Crippen LogP contribution in [0.2, 0.25) is 0 Å². The third-order valence-corrected chi connectivity index (χ3v) is 1.66. The molecular weight excluding hydrogens is 211 g/mol. The first-order valence-electron chi connectivity index (χ1n) is 4.04. The molecule has 0 N–H and O–H groups in total. The maximum absolute atomic E-state index is 11.9. The molecule has 0 saturated heterocycles. The van der Waals surface area contributed by atoms with Crippen LogP contribution in [0.1, 0.15) is 0 Å². The van der Waals surface area contributed by atoms with Crippen LogP contribution in [-0.2, 0) is 0 Å². The van der Waals surface area contributed by atoms with Crippen molar-refractivity contribution < 1.29 is 17.9 Å². The van der Waals surface area contributed by atoms with E-state index in [1.54, 1.807) is 0 Å². The fourth-order valence-electron chi connectivity index (χ4n) is 1.09. The van der Waals surface area contributed by atoms with Gasteiger partial charge in [-0.15, -0.1) is 0 Å². The van der Waals surface area contributed by atoms with Gasteiger partial charge < -0.3 is 4.74 Å². The molecule has 0 atom stereocenters. The minimum absolute atomic E-state index is 0.0766. The Balaban J connectivity index is 2.24. The Kier molecular flexibility index (Phi) is 2.22. The quantitative estimate of drug-likeness (QED) is 0.768. The molecule has 2 aromatic heterocycles. The Hall–Kier alpha value is -1.79. The molecule has 0 aliphatic carbocycles. The summed E-state index contributed by atoms with van der Waals surface area (Å²) in [6.07, 6.45) is -0.0620. The molecule has 2 heterocycles. The maximum Gasteiger partial charge on any atom is 0.422 e. The molecule has 0 aliphatic heterocycles. The second-order valence-corrected chi connectivity index (χ2v) is 2.80. The number of rotatable bonds is 2. The smallest absolute Gasteiger partial charge is 0.422 e. The Bertz CT molecular complexity index is 465. The molecule has 0 aliphatic rings. The number of aromatic nitrogens is 3. The number of hydrogen-bond donors (Lipinski definition) is 0. The van der Waals surface area contributed by atoms with Crippen molar-refractivity contribution in [2.45, 2.75) is 6.18 Å². The SMILES string of the molecule is FC(F)(F)COc1nccn2nccc12. The van der Waals surface area contributed by atoms with E-state index in [9.17, 15) is 13.2 Å². The van der Waals surface area contributed by atoms with Gasteiger partial charge in [-0.3, -0.25) is 0 Å². The predicted octanol–water partition coefficient (Wildman–Crippen LogP) is 1.67. The number of halogens is 3. The van der Waals surface area contributed by atoms with Crippen LogP contribution >= 0.6 is 0 Å². The lowest BCUT2D eigenvalue weighted by Crippen LogP contribution is -2.19. The molecular formula is C8H6F3N3O. The zero-order valence-electron chi connectivity index (χ0n) is 7.40. The van der Waals surface area contributed by atoms with Gasteiger partial charge in [0.25, 0.3) is 0 Å². The summed E-state index contributed by atoms with van der Waals surface area (Å²) in [5.74, 6) is -0.0766. The van der Waals surface area contributed by atoms with E-state index in [2.05, 4.69) is 14.8 Å².